The fourth-order valence-electron chi connectivity index (χ4n) is 2.22. The molecular weight excluding hydrogens is 232 g/mol. The summed E-state index contributed by atoms with van der Waals surface area (Å²) < 4.78 is 0. The predicted molar refractivity (Wildman–Crippen MR) is 65.8 cm³/mol. The quantitative estimate of drug-likeness (QED) is 0.850. The number of aromatic nitrogens is 2. The highest BCUT2D eigenvalue weighted by molar-refractivity contribution is 5.65. The molecule has 0 bridgehead atoms. The molecule has 18 heavy (non-hydrogen) atoms. The second-order valence-corrected chi connectivity index (χ2v) is 4.85. The molecule has 2 fully saturated rings. The van der Waals surface area contributed by atoms with E-state index in [1.165, 1.54) is 23.3 Å². The molecule has 2 heterocycles. The van der Waals surface area contributed by atoms with Gasteiger partial charge in [0.1, 0.15) is 0 Å². The summed E-state index contributed by atoms with van der Waals surface area (Å²) in [6.07, 6.45) is 5.47. The molecule has 96 valence electrons. The summed E-state index contributed by atoms with van der Waals surface area (Å²) in [4.78, 5) is 23.0. The van der Waals surface area contributed by atoms with Crippen molar-refractivity contribution in [3.05, 3.63) is 18.0 Å². The van der Waals surface area contributed by atoms with Crippen LogP contribution < -0.4 is 4.90 Å². The second-order valence-electron chi connectivity index (χ2n) is 4.85. The van der Waals surface area contributed by atoms with E-state index >= 15 is 0 Å². The van der Waals surface area contributed by atoms with Gasteiger partial charge in [0, 0.05) is 38.6 Å². The lowest BCUT2D eigenvalue weighted by Gasteiger charge is -2.33. The SMILES string of the molecule is O=C(O)N1CCN(c2ncc(C3CC3)cn2)CC1. The summed E-state index contributed by atoms with van der Waals surface area (Å²) in [6, 6.07) is 0. The minimum absolute atomic E-state index is 0.517. The van der Waals surface area contributed by atoms with Crippen LogP contribution in [0.15, 0.2) is 12.4 Å². The van der Waals surface area contributed by atoms with Gasteiger partial charge in [-0.1, -0.05) is 0 Å². The van der Waals surface area contributed by atoms with Gasteiger partial charge in [0.2, 0.25) is 5.95 Å². The highest BCUT2D eigenvalue weighted by atomic mass is 16.4. The van der Waals surface area contributed by atoms with Gasteiger partial charge >= 0.3 is 6.09 Å². The molecule has 0 spiro atoms. The Morgan fingerprint density at radius 2 is 1.78 bits per heavy atom. The molecule has 0 atom stereocenters. The van der Waals surface area contributed by atoms with Crippen LogP contribution in [-0.2, 0) is 0 Å². The maximum atomic E-state index is 10.8. The van der Waals surface area contributed by atoms with Crippen LogP contribution in [0.1, 0.15) is 24.3 Å². The molecule has 1 amide bonds. The third-order valence-electron chi connectivity index (χ3n) is 3.54. The predicted octanol–water partition coefficient (Wildman–Crippen LogP) is 1.15. The van der Waals surface area contributed by atoms with Crippen LogP contribution in [-0.4, -0.2) is 52.2 Å². The van der Waals surface area contributed by atoms with E-state index in [1.54, 1.807) is 0 Å². The largest absolute Gasteiger partial charge is 0.465 e. The van der Waals surface area contributed by atoms with Crippen molar-refractivity contribution in [1.29, 1.82) is 0 Å². The molecule has 3 rings (SSSR count). The van der Waals surface area contributed by atoms with E-state index in [2.05, 4.69) is 9.97 Å². The fourth-order valence-corrected chi connectivity index (χ4v) is 2.22. The van der Waals surface area contributed by atoms with Crippen molar-refractivity contribution in [2.45, 2.75) is 18.8 Å². The van der Waals surface area contributed by atoms with Crippen molar-refractivity contribution in [1.82, 2.24) is 14.9 Å². The highest BCUT2D eigenvalue weighted by Crippen LogP contribution is 2.39. The standard InChI is InChI=1S/C12H16N4O2/c17-12(18)16-5-3-15(4-6-16)11-13-7-10(8-14-11)9-1-2-9/h7-9H,1-6H2,(H,17,18). The van der Waals surface area contributed by atoms with Gasteiger partial charge in [-0.05, 0) is 24.3 Å². The number of carbonyl (C=O) groups is 1. The van der Waals surface area contributed by atoms with Gasteiger partial charge in [0.25, 0.3) is 0 Å². The van der Waals surface area contributed by atoms with Crippen molar-refractivity contribution >= 4 is 12.0 Å². The fraction of sp³-hybridized carbons (Fsp3) is 0.583. The van der Waals surface area contributed by atoms with Gasteiger partial charge in [0.05, 0.1) is 0 Å². The maximum Gasteiger partial charge on any atom is 0.407 e. The molecule has 1 aliphatic carbocycles. The van der Waals surface area contributed by atoms with Crippen LogP contribution >= 0.6 is 0 Å². The lowest BCUT2D eigenvalue weighted by molar-refractivity contribution is 0.142. The minimum atomic E-state index is -0.848. The summed E-state index contributed by atoms with van der Waals surface area (Å²) in [5.74, 6) is 1.38. The maximum absolute atomic E-state index is 10.8. The Hall–Kier alpha value is -1.85. The van der Waals surface area contributed by atoms with Crippen LogP contribution in [0.3, 0.4) is 0 Å². The average molecular weight is 248 g/mol. The Morgan fingerprint density at radius 1 is 1.17 bits per heavy atom. The first kappa shape index (κ1) is 11.3. The summed E-state index contributed by atoms with van der Waals surface area (Å²) in [7, 11) is 0. The van der Waals surface area contributed by atoms with Crippen LogP contribution in [0.5, 0.6) is 0 Å². The topological polar surface area (TPSA) is 69.6 Å². The van der Waals surface area contributed by atoms with Crippen molar-refractivity contribution in [2.75, 3.05) is 31.1 Å². The number of hydrogen-bond donors (Lipinski definition) is 1. The molecule has 1 N–H and O–H groups in total. The Morgan fingerprint density at radius 3 is 2.28 bits per heavy atom. The lowest BCUT2D eigenvalue weighted by atomic mass is 10.2. The zero-order valence-corrected chi connectivity index (χ0v) is 10.1. The van der Waals surface area contributed by atoms with Crippen LogP contribution in [0.25, 0.3) is 0 Å². The van der Waals surface area contributed by atoms with Gasteiger partial charge in [-0.25, -0.2) is 14.8 Å². The van der Waals surface area contributed by atoms with Crippen LogP contribution in [0.4, 0.5) is 10.7 Å². The summed E-state index contributed by atoms with van der Waals surface area (Å²) in [5.41, 5.74) is 1.22. The number of anilines is 1. The minimum Gasteiger partial charge on any atom is -0.465 e. The number of nitrogens with zero attached hydrogens (tertiary/aromatic N) is 4. The molecule has 1 aromatic rings. The van der Waals surface area contributed by atoms with E-state index in [4.69, 9.17) is 5.11 Å². The molecule has 1 saturated heterocycles. The van der Waals surface area contributed by atoms with E-state index < -0.39 is 6.09 Å². The van der Waals surface area contributed by atoms with Crippen LogP contribution in [0, 0.1) is 0 Å². The number of carboxylic acid groups (broad SMARTS) is 1. The first-order valence-electron chi connectivity index (χ1n) is 6.29. The Balaban J connectivity index is 1.63. The molecular formula is C12H16N4O2. The monoisotopic (exact) mass is 248 g/mol. The van der Waals surface area contributed by atoms with Gasteiger partial charge in [-0.15, -0.1) is 0 Å². The first-order valence-corrected chi connectivity index (χ1v) is 6.29. The number of piperazine rings is 1. The van der Waals surface area contributed by atoms with E-state index in [0.29, 0.717) is 38.0 Å². The van der Waals surface area contributed by atoms with Crippen molar-refractivity contribution in [3.63, 3.8) is 0 Å². The lowest BCUT2D eigenvalue weighted by Crippen LogP contribution is -2.48. The first-order chi connectivity index (χ1) is 8.74. The molecule has 2 aliphatic rings. The van der Waals surface area contributed by atoms with Gasteiger partial charge < -0.3 is 14.9 Å². The Bertz CT molecular complexity index is 436. The zero-order valence-electron chi connectivity index (χ0n) is 10.1. The molecule has 1 aliphatic heterocycles. The third kappa shape index (κ3) is 2.23. The van der Waals surface area contributed by atoms with Crippen molar-refractivity contribution in [3.8, 4) is 0 Å². The molecule has 0 aromatic carbocycles. The van der Waals surface area contributed by atoms with Gasteiger partial charge in [-0.2, -0.15) is 0 Å². The molecule has 6 nitrogen and oxygen atoms in total. The third-order valence-corrected chi connectivity index (χ3v) is 3.54. The molecule has 6 heteroatoms. The summed E-state index contributed by atoms with van der Waals surface area (Å²) in [5, 5.41) is 8.88. The smallest absolute Gasteiger partial charge is 0.407 e. The van der Waals surface area contributed by atoms with E-state index in [0.717, 1.165) is 0 Å². The number of rotatable bonds is 2. The summed E-state index contributed by atoms with van der Waals surface area (Å²) in [6.45, 7) is 2.36. The van der Waals surface area contributed by atoms with Crippen molar-refractivity contribution < 1.29 is 9.90 Å². The zero-order chi connectivity index (χ0) is 12.5. The normalized spacial score (nSPS) is 20.0. The van der Waals surface area contributed by atoms with Crippen molar-refractivity contribution in [2.24, 2.45) is 0 Å². The van der Waals surface area contributed by atoms with E-state index in [1.807, 2.05) is 17.3 Å². The van der Waals surface area contributed by atoms with Gasteiger partial charge in [-0.3, -0.25) is 0 Å². The van der Waals surface area contributed by atoms with Crippen LogP contribution in [0.2, 0.25) is 0 Å². The highest BCUT2D eigenvalue weighted by Gasteiger charge is 2.25. The summed E-state index contributed by atoms with van der Waals surface area (Å²) >= 11 is 0. The Kier molecular flexibility index (Phi) is 2.77. The van der Waals surface area contributed by atoms with Gasteiger partial charge in [0.15, 0.2) is 0 Å². The molecule has 0 radical (unpaired) electrons. The van der Waals surface area contributed by atoms with E-state index in [-0.39, 0.29) is 0 Å². The molecule has 1 aromatic heterocycles. The number of amides is 1. The second kappa shape index (κ2) is 4.44. The molecule has 1 saturated carbocycles. The average Bonchev–Trinajstić information content (AvgIpc) is 3.23. The number of hydrogen-bond acceptors (Lipinski definition) is 4. The molecule has 0 unspecified atom stereocenters. The van der Waals surface area contributed by atoms with E-state index in [9.17, 15) is 4.79 Å². The Labute approximate surface area is 105 Å².